The average Bonchev–Trinajstić information content (AvgIpc) is 2.05. The van der Waals surface area contributed by atoms with E-state index in [4.69, 9.17) is 0 Å². The zero-order valence-corrected chi connectivity index (χ0v) is 7.29. The number of hydrogen-bond donors (Lipinski definition) is 1. The van der Waals surface area contributed by atoms with Gasteiger partial charge in [-0.3, -0.25) is 0 Å². The molecule has 0 unspecified atom stereocenters. The van der Waals surface area contributed by atoms with Gasteiger partial charge < -0.3 is 5.32 Å². The van der Waals surface area contributed by atoms with E-state index in [2.05, 4.69) is 10.5 Å². The molecule has 12 heavy (non-hydrogen) atoms. The van der Waals surface area contributed by atoms with Gasteiger partial charge in [-0.15, -0.1) is 4.91 Å². The lowest BCUT2D eigenvalue weighted by atomic mass is 10.2. The lowest BCUT2D eigenvalue weighted by Gasteiger charge is -2.04. The molecule has 0 aliphatic heterocycles. The van der Waals surface area contributed by atoms with Crippen LogP contribution in [-0.2, 0) is 0 Å². The van der Waals surface area contributed by atoms with Crippen molar-refractivity contribution in [2.45, 2.75) is 13.8 Å². The number of nitroso groups, excluding NO2 is 1. The number of anilines is 1. The fourth-order valence-corrected chi connectivity index (χ4v) is 1.07. The molecule has 0 bridgehead atoms. The summed E-state index contributed by atoms with van der Waals surface area (Å²) in [5.74, 6) is 0. The molecule has 0 fully saturated rings. The van der Waals surface area contributed by atoms with E-state index < -0.39 is 0 Å². The van der Waals surface area contributed by atoms with Gasteiger partial charge in [-0.25, -0.2) is 0 Å². The van der Waals surface area contributed by atoms with Crippen LogP contribution in [0.1, 0.15) is 12.5 Å². The Morgan fingerprint density at radius 3 is 2.75 bits per heavy atom. The molecule has 0 saturated carbocycles. The van der Waals surface area contributed by atoms with Crippen molar-refractivity contribution in [3.05, 3.63) is 28.7 Å². The second kappa shape index (κ2) is 3.85. The highest BCUT2D eigenvalue weighted by molar-refractivity contribution is 5.56. The molecule has 1 aromatic carbocycles. The van der Waals surface area contributed by atoms with Gasteiger partial charge in [-0.05, 0) is 42.8 Å². The van der Waals surface area contributed by atoms with E-state index in [9.17, 15) is 4.91 Å². The van der Waals surface area contributed by atoms with Crippen LogP contribution in [0, 0.1) is 11.8 Å². The molecule has 1 rings (SSSR count). The van der Waals surface area contributed by atoms with Gasteiger partial charge in [-0.2, -0.15) is 0 Å². The quantitative estimate of drug-likeness (QED) is 0.698. The van der Waals surface area contributed by atoms with E-state index in [1.165, 1.54) is 0 Å². The minimum absolute atomic E-state index is 0.511. The Labute approximate surface area is 71.8 Å². The Bertz CT molecular complexity index is 284. The summed E-state index contributed by atoms with van der Waals surface area (Å²) >= 11 is 0. The highest BCUT2D eigenvalue weighted by atomic mass is 16.3. The fourth-order valence-electron chi connectivity index (χ4n) is 1.07. The first-order valence-corrected chi connectivity index (χ1v) is 3.95. The van der Waals surface area contributed by atoms with Crippen molar-refractivity contribution in [1.82, 2.24) is 0 Å². The van der Waals surface area contributed by atoms with Crippen molar-refractivity contribution in [2.75, 3.05) is 11.9 Å². The van der Waals surface area contributed by atoms with Gasteiger partial charge in [-0.1, -0.05) is 0 Å². The van der Waals surface area contributed by atoms with Crippen LogP contribution in [0.4, 0.5) is 11.4 Å². The third-order valence-corrected chi connectivity index (χ3v) is 1.68. The van der Waals surface area contributed by atoms with Crippen LogP contribution in [0.5, 0.6) is 0 Å². The largest absolute Gasteiger partial charge is 0.385 e. The van der Waals surface area contributed by atoms with E-state index in [1.807, 2.05) is 26.0 Å². The molecule has 0 amide bonds. The van der Waals surface area contributed by atoms with Gasteiger partial charge in [0, 0.05) is 12.2 Å². The number of nitrogens with one attached hydrogen (secondary N) is 1. The summed E-state index contributed by atoms with van der Waals surface area (Å²) in [6.07, 6.45) is 0. The summed E-state index contributed by atoms with van der Waals surface area (Å²) < 4.78 is 0. The molecule has 1 aromatic rings. The molecule has 0 atom stereocenters. The summed E-state index contributed by atoms with van der Waals surface area (Å²) in [4.78, 5) is 10.2. The van der Waals surface area contributed by atoms with Crippen LogP contribution in [-0.4, -0.2) is 6.54 Å². The van der Waals surface area contributed by atoms with Crippen LogP contribution in [0.25, 0.3) is 0 Å². The first-order valence-electron chi connectivity index (χ1n) is 3.95. The monoisotopic (exact) mass is 164 g/mol. The molecule has 0 saturated heterocycles. The third-order valence-electron chi connectivity index (χ3n) is 1.68. The lowest BCUT2D eigenvalue weighted by Crippen LogP contribution is -1.95. The van der Waals surface area contributed by atoms with Crippen molar-refractivity contribution in [3.63, 3.8) is 0 Å². The van der Waals surface area contributed by atoms with Gasteiger partial charge in [0.05, 0.1) is 0 Å². The summed E-state index contributed by atoms with van der Waals surface area (Å²) in [5, 5.41) is 6.05. The maximum Gasteiger partial charge on any atom is 0.111 e. The number of hydrogen-bond acceptors (Lipinski definition) is 3. The van der Waals surface area contributed by atoms with Crippen molar-refractivity contribution in [1.29, 1.82) is 0 Å². The minimum Gasteiger partial charge on any atom is -0.385 e. The average molecular weight is 164 g/mol. The molecule has 0 aliphatic carbocycles. The third kappa shape index (κ3) is 1.81. The predicted octanol–water partition coefficient (Wildman–Crippen LogP) is 2.82. The summed E-state index contributed by atoms with van der Waals surface area (Å²) in [7, 11) is 0. The van der Waals surface area contributed by atoms with Gasteiger partial charge >= 0.3 is 0 Å². The normalized spacial score (nSPS) is 9.50. The molecular formula is C9H12N2O. The molecule has 0 radical (unpaired) electrons. The highest BCUT2D eigenvalue weighted by Gasteiger charge is 1.97. The van der Waals surface area contributed by atoms with Crippen molar-refractivity contribution >= 4 is 11.4 Å². The maximum absolute atomic E-state index is 10.2. The number of nitrogens with zero attached hydrogens (tertiary/aromatic N) is 1. The SMILES string of the molecule is CCNc1ccc(N=O)c(C)c1. The molecule has 1 N–H and O–H groups in total. The Kier molecular flexibility index (Phi) is 2.80. The second-order valence-electron chi connectivity index (χ2n) is 2.62. The number of benzene rings is 1. The number of aryl methyl sites for hydroxylation is 1. The smallest absolute Gasteiger partial charge is 0.111 e. The number of rotatable bonds is 3. The molecule has 64 valence electrons. The molecule has 0 spiro atoms. The van der Waals surface area contributed by atoms with Gasteiger partial charge in [0.15, 0.2) is 0 Å². The predicted molar refractivity (Wildman–Crippen MR) is 50.8 cm³/mol. The summed E-state index contributed by atoms with van der Waals surface area (Å²) in [6, 6.07) is 5.49. The van der Waals surface area contributed by atoms with E-state index in [-0.39, 0.29) is 0 Å². The van der Waals surface area contributed by atoms with Crippen LogP contribution in [0.3, 0.4) is 0 Å². The molecule has 0 aliphatic rings. The van der Waals surface area contributed by atoms with Crippen molar-refractivity contribution < 1.29 is 0 Å². The minimum atomic E-state index is 0.511. The van der Waals surface area contributed by atoms with Crippen molar-refractivity contribution in [3.8, 4) is 0 Å². The zero-order valence-electron chi connectivity index (χ0n) is 7.29. The van der Waals surface area contributed by atoms with E-state index in [0.717, 1.165) is 17.8 Å². The standard InChI is InChI=1S/C9H12N2O/c1-3-10-8-4-5-9(11-12)7(2)6-8/h4-6,10H,3H2,1-2H3. The zero-order chi connectivity index (χ0) is 8.97. The van der Waals surface area contributed by atoms with Crippen molar-refractivity contribution in [2.24, 2.45) is 5.18 Å². The van der Waals surface area contributed by atoms with Gasteiger partial charge in [0.1, 0.15) is 5.69 Å². The lowest BCUT2D eigenvalue weighted by molar-refractivity contribution is 1.21. The Morgan fingerprint density at radius 2 is 2.25 bits per heavy atom. The molecule has 3 nitrogen and oxygen atoms in total. The van der Waals surface area contributed by atoms with Crippen LogP contribution < -0.4 is 5.32 Å². The van der Waals surface area contributed by atoms with Gasteiger partial charge in [0.2, 0.25) is 0 Å². The summed E-state index contributed by atoms with van der Waals surface area (Å²) in [5.41, 5.74) is 2.45. The fraction of sp³-hybridized carbons (Fsp3) is 0.333. The second-order valence-corrected chi connectivity index (χ2v) is 2.62. The topological polar surface area (TPSA) is 41.5 Å². The van der Waals surface area contributed by atoms with Crippen LogP contribution in [0.2, 0.25) is 0 Å². The Hall–Kier alpha value is -1.38. The molecule has 3 heteroatoms. The Balaban J connectivity index is 2.93. The van der Waals surface area contributed by atoms with E-state index in [0.29, 0.717) is 5.69 Å². The molecular weight excluding hydrogens is 152 g/mol. The molecule has 0 heterocycles. The van der Waals surface area contributed by atoms with E-state index >= 15 is 0 Å². The van der Waals surface area contributed by atoms with Crippen LogP contribution >= 0.6 is 0 Å². The Morgan fingerprint density at radius 1 is 1.50 bits per heavy atom. The maximum atomic E-state index is 10.2. The molecule has 0 aromatic heterocycles. The highest BCUT2D eigenvalue weighted by Crippen LogP contribution is 2.21. The summed E-state index contributed by atoms with van der Waals surface area (Å²) in [6.45, 7) is 4.78. The van der Waals surface area contributed by atoms with Crippen LogP contribution in [0.15, 0.2) is 23.4 Å². The first-order chi connectivity index (χ1) is 5.77. The first kappa shape index (κ1) is 8.71. The van der Waals surface area contributed by atoms with Gasteiger partial charge in [0.25, 0.3) is 0 Å². The van der Waals surface area contributed by atoms with E-state index in [1.54, 1.807) is 6.07 Å².